The molecule has 2 heteroatoms. The van der Waals surface area contributed by atoms with Crippen LogP contribution in [0, 0.1) is 11.8 Å². The Labute approximate surface area is 99.7 Å². The van der Waals surface area contributed by atoms with Gasteiger partial charge in [-0.3, -0.25) is 0 Å². The van der Waals surface area contributed by atoms with Gasteiger partial charge in [0.2, 0.25) is 0 Å². The van der Waals surface area contributed by atoms with Gasteiger partial charge in [-0.1, -0.05) is 38.3 Å². The average Bonchev–Trinajstić information content (AvgIpc) is 2.32. The van der Waals surface area contributed by atoms with Crippen LogP contribution >= 0.6 is 0 Å². The summed E-state index contributed by atoms with van der Waals surface area (Å²) in [7, 11) is 1.83. The minimum atomic E-state index is 0.240. The molecule has 1 fully saturated rings. The van der Waals surface area contributed by atoms with Gasteiger partial charge in [-0.25, -0.2) is 0 Å². The van der Waals surface area contributed by atoms with Crippen LogP contribution in [0.1, 0.15) is 45.4 Å². The van der Waals surface area contributed by atoms with E-state index < -0.39 is 0 Å². The van der Waals surface area contributed by atoms with Gasteiger partial charge in [0.25, 0.3) is 0 Å². The molecule has 0 amide bonds. The topological polar surface area (TPSA) is 29.5 Å². The van der Waals surface area contributed by atoms with E-state index >= 15 is 0 Å². The van der Waals surface area contributed by atoms with E-state index in [1.54, 1.807) is 0 Å². The normalized spacial score (nSPS) is 22.4. The molecule has 0 aromatic carbocycles. The van der Waals surface area contributed by atoms with E-state index in [9.17, 15) is 0 Å². The van der Waals surface area contributed by atoms with Crippen molar-refractivity contribution in [2.75, 3.05) is 13.7 Å². The minimum absolute atomic E-state index is 0.240. The zero-order valence-electron chi connectivity index (χ0n) is 10.7. The zero-order valence-corrected chi connectivity index (χ0v) is 10.7. The molecule has 0 unspecified atom stereocenters. The first-order valence-corrected chi connectivity index (χ1v) is 6.60. The van der Waals surface area contributed by atoms with E-state index in [-0.39, 0.29) is 6.61 Å². The van der Waals surface area contributed by atoms with Gasteiger partial charge in [0, 0.05) is 19.6 Å². The molecule has 1 N–H and O–H groups in total. The molecule has 0 radical (unpaired) electrons. The molecule has 1 aliphatic rings. The van der Waals surface area contributed by atoms with E-state index in [1.165, 1.54) is 32.1 Å². The number of hydrogen-bond donors (Lipinski definition) is 1. The van der Waals surface area contributed by atoms with Gasteiger partial charge in [0.15, 0.2) is 0 Å². The van der Waals surface area contributed by atoms with Gasteiger partial charge in [-0.2, -0.15) is 0 Å². The lowest BCUT2D eigenvalue weighted by Crippen LogP contribution is -2.30. The Morgan fingerprint density at radius 1 is 1.31 bits per heavy atom. The molecule has 2 atom stereocenters. The maximum absolute atomic E-state index is 8.74. The Morgan fingerprint density at radius 3 is 2.56 bits per heavy atom. The molecule has 0 aromatic rings. The van der Waals surface area contributed by atoms with Crippen molar-refractivity contribution in [2.45, 2.75) is 51.6 Å². The summed E-state index contributed by atoms with van der Waals surface area (Å²) in [4.78, 5) is 0. The molecule has 1 saturated carbocycles. The van der Waals surface area contributed by atoms with Crippen LogP contribution in [0.2, 0.25) is 0 Å². The summed E-state index contributed by atoms with van der Waals surface area (Å²) in [6, 6.07) is 0. The maximum atomic E-state index is 8.74. The average molecular weight is 226 g/mol. The molecule has 2 nitrogen and oxygen atoms in total. The van der Waals surface area contributed by atoms with E-state index in [1.807, 2.05) is 7.11 Å². The first kappa shape index (κ1) is 13.7. The van der Waals surface area contributed by atoms with E-state index in [0.29, 0.717) is 12.0 Å². The van der Waals surface area contributed by atoms with Crippen LogP contribution in [0.5, 0.6) is 0 Å². The monoisotopic (exact) mass is 226 g/mol. The quantitative estimate of drug-likeness (QED) is 0.705. The number of aliphatic hydroxyl groups is 1. The third-order valence-electron chi connectivity index (χ3n) is 3.64. The molecule has 0 saturated heterocycles. The number of aliphatic hydroxyl groups excluding tert-OH is 1. The molecule has 0 aliphatic heterocycles. The molecule has 94 valence electrons. The fraction of sp³-hybridized carbons (Fsp3) is 0.857. The van der Waals surface area contributed by atoms with Gasteiger partial charge < -0.3 is 9.84 Å². The standard InChI is InChI=1S/C14H26O2/c1-12(8-6-7-11-15)14(16-2)13-9-4-3-5-10-13/h6,8,12-15H,3-5,7,9-11H2,1-2H3/b8-6+/t12-,14-/m1/s1. The van der Waals surface area contributed by atoms with Crippen molar-refractivity contribution in [3.05, 3.63) is 12.2 Å². The smallest absolute Gasteiger partial charge is 0.0659 e. The minimum Gasteiger partial charge on any atom is -0.396 e. The predicted molar refractivity (Wildman–Crippen MR) is 67.4 cm³/mol. The van der Waals surface area contributed by atoms with Crippen molar-refractivity contribution in [3.63, 3.8) is 0 Å². The number of ether oxygens (including phenoxy) is 1. The molecule has 0 aromatic heterocycles. The van der Waals surface area contributed by atoms with Crippen LogP contribution < -0.4 is 0 Å². The Bertz CT molecular complexity index is 195. The second kappa shape index (κ2) is 7.86. The molecular weight excluding hydrogens is 200 g/mol. The Kier molecular flexibility index (Phi) is 6.74. The summed E-state index contributed by atoms with van der Waals surface area (Å²) in [5, 5.41) is 8.74. The number of methoxy groups -OCH3 is 1. The lowest BCUT2D eigenvalue weighted by Gasteiger charge is -2.32. The largest absolute Gasteiger partial charge is 0.396 e. The zero-order chi connectivity index (χ0) is 11.8. The van der Waals surface area contributed by atoms with Gasteiger partial charge in [0.1, 0.15) is 0 Å². The maximum Gasteiger partial charge on any atom is 0.0659 e. The van der Waals surface area contributed by atoms with Crippen molar-refractivity contribution in [2.24, 2.45) is 11.8 Å². The van der Waals surface area contributed by atoms with Crippen molar-refractivity contribution < 1.29 is 9.84 Å². The lowest BCUT2D eigenvalue weighted by molar-refractivity contribution is 0.0117. The summed E-state index contributed by atoms with van der Waals surface area (Å²) in [5.74, 6) is 1.19. The third-order valence-corrected chi connectivity index (χ3v) is 3.64. The highest BCUT2D eigenvalue weighted by Crippen LogP contribution is 2.31. The summed E-state index contributed by atoms with van der Waals surface area (Å²) in [6.07, 6.45) is 12.1. The first-order chi connectivity index (χ1) is 7.79. The van der Waals surface area contributed by atoms with Crippen LogP contribution in [0.15, 0.2) is 12.2 Å². The molecule has 0 bridgehead atoms. The Hall–Kier alpha value is -0.340. The van der Waals surface area contributed by atoms with Crippen LogP contribution in [0.4, 0.5) is 0 Å². The summed E-state index contributed by atoms with van der Waals surface area (Å²) in [6.45, 7) is 2.46. The molecular formula is C14H26O2. The molecule has 16 heavy (non-hydrogen) atoms. The van der Waals surface area contributed by atoms with Gasteiger partial charge in [-0.15, -0.1) is 0 Å². The van der Waals surface area contributed by atoms with Crippen molar-refractivity contribution in [3.8, 4) is 0 Å². The second-order valence-electron chi connectivity index (χ2n) is 4.90. The summed E-state index contributed by atoms with van der Waals surface area (Å²) >= 11 is 0. The predicted octanol–water partition coefficient (Wildman–Crippen LogP) is 3.16. The Morgan fingerprint density at radius 2 is 2.00 bits per heavy atom. The van der Waals surface area contributed by atoms with E-state index in [2.05, 4.69) is 19.1 Å². The number of rotatable bonds is 6. The Balaban J connectivity index is 2.44. The van der Waals surface area contributed by atoms with Crippen LogP contribution in [0.25, 0.3) is 0 Å². The van der Waals surface area contributed by atoms with Crippen molar-refractivity contribution >= 4 is 0 Å². The highest BCUT2D eigenvalue weighted by atomic mass is 16.5. The van der Waals surface area contributed by atoms with Crippen LogP contribution in [0.3, 0.4) is 0 Å². The molecule has 0 spiro atoms. The lowest BCUT2D eigenvalue weighted by atomic mass is 9.80. The summed E-state index contributed by atoms with van der Waals surface area (Å²) < 4.78 is 5.67. The molecule has 0 heterocycles. The highest BCUT2D eigenvalue weighted by molar-refractivity contribution is 4.92. The second-order valence-corrected chi connectivity index (χ2v) is 4.90. The molecule has 1 rings (SSSR count). The fourth-order valence-electron chi connectivity index (χ4n) is 2.79. The van der Waals surface area contributed by atoms with E-state index in [0.717, 1.165) is 12.3 Å². The molecule has 1 aliphatic carbocycles. The highest BCUT2D eigenvalue weighted by Gasteiger charge is 2.26. The van der Waals surface area contributed by atoms with Crippen molar-refractivity contribution in [1.82, 2.24) is 0 Å². The van der Waals surface area contributed by atoms with Crippen molar-refractivity contribution in [1.29, 1.82) is 0 Å². The van der Waals surface area contributed by atoms with Crippen LogP contribution in [-0.2, 0) is 4.74 Å². The van der Waals surface area contributed by atoms with Gasteiger partial charge >= 0.3 is 0 Å². The first-order valence-electron chi connectivity index (χ1n) is 6.60. The third kappa shape index (κ3) is 4.26. The SMILES string of the molecule is CO[C@@H](C1CCCCC1)[C@H](C)/C=C/CCO. The number of hydrogen-bond acceptors (Lipinski definition) is 2. The van der Waals surface area contributed by atoms with Gasteiger partial charge in [0.05, 0.1) is 6.10 Å². The summed E-state index contributed by atoms with van der Waals surface area (Å²) in [5.41, 5.74) is 0. The van der Waals surface area contributed by atoms with Crippen LogP contribution in [-0.4, -0.2) is 24.9 Å². The fourth-order valence-corrected chi connectivity index (χ4v) is 2.79. The van der Waals surface area contributed by atoms with E-state index in [4.69, 9.17) is 9.84 Å². The van der Waals surface area contributed by atoms with Gasteiger partial charge in [-0.05, 0) is 25.2 Å².